The van der Waals surface area contributed by atoms with Crippen LogP contribution in [0.3, 0.4) is 0 Å². The quantitative estimate of drug-likeness (QED) is 0.569. The maximum Gasteiger partial charge on any atom is 0.183 e. The fraction of sp³-hybridized carbons (Fsp3) is 0.889. The molecule has 1 rings (SSSR count). The zero-order valence-electron chi connectivity index (χ0n) is 7.47. The van der Waals surface area contributed by atoms with Gasteiger partial charge in [-0.3, -0.25) is 4.99 Å². The summed E-state index contributed by atoms with van der Waals surface area (Å²) in [6.07, 6.45) is 3.49. The summed E-state index contributed by atoms with van der Waals surface area (Å²) in [5.41, 5.74) is 0. The zero-order chi connectivity index (χ0) is 8.10. The summed E-state index contributed by atoms with van der Waals surface area (Å²) < 4.78 is 5.36. The van der Waals surface area contributed by atoms with Crippen LogP contribution in [0.4, 0.5) is 0 Å². The van der Waals surface area contributed by atoms with Crippen molar-refractivity contribution in [3.8, 4) is 0 Å². The summed E-state index contributed by atoms with van der Waals surface area (Å²) >= 11 is 0. The van der Waals surface area contributed by atoms with Gasteiger partial charge in [0.2, 0.25) is 0 Å². The van der Waals surface area contributed by atoms with Crippen molar-refractivity contribution in [3.63, 3.8) is 0 Å². The van der Waals surface area contributed by atoms with Crippen molar-refractivity contribution in [3.05, 3.63) is 0 Å². The van der Waals surface area contributed by atoms with Gasteiger partial charge < -0.3 is 4.74 Å². The van der Waals surface area contributed by atoms with Crippen molar-refractivity contribution < 1.29 is 4.74 Å². The Labute approximate surface area is 68.7 Å². The molecule has 0 aliphatic carbocycles. The van der Waals surface area contributed by atoms with E-state index in [9.17, 15) is 0 Å². The van der Waals surface area contributed by atoms with Gasteiger partial charge in [0.15, 0.2) is 5.90 Å². The number of hydrogen-bond acceptors (Lipinski definition) is 2. The second-order valence-electron chi connectivity index (χ2n) is 3.14. The van der Waals surface area contributed by atoms with Gasteiger partial charge in [0.25, 0.3) is 0 Å². The molecule has 1 aliphatic heterocycles. The van der Waals surface area contributed by atoms with Crippen LogP contribution < -0.4 is 0 Å². The maximum absolute atomic E-state index is 5.36. The lowest BCUT2D eigenvalue weighted by molar-refractivity contribution is 0.315. The van der Waals surface area contributed by atoms with Crippen LogP contribution in [-0.4, -0.2) is 19.0 Å². The second-order valence-corrected chi connectivity index (χ2v) is 3.14. The van der Waals surface area contributed by atoms with Crippen molar-refractivity contribution in [2.75, 3.05) is 13.2 Å². The highest BCUT2D eigenvalue weighted by atomic mass is 16.5. The first-order chi connectivity index (χ1) is 5.33. The van der Waals surface area contributed by atoms with Crippen LogP contribution in [0, 0.1) is 5.92 Å². The van der Waals surface area contributed by atoms with Gasteiger partial charge in [-0.05, 0) is 25.7 Å². The van der Waals surface area contributed by atoms with Crippen molar-refractivity contribution in [2.45, 2.75) is 33.1 Å². The van der Waals surface area contributed by atoms with E-state index in [2.05, 4.69) is 11.9 Å². The van der Waals surface area contributed by atoms with Crippen LogP contribution in [0.1, 0.15) is 33.1 Å². The molecule has 1 aliphatic rings. The van der Waals surface area contributed by atoms with E-state index in [1.807, 2.05) is 6.92 Å². The molecule has 0 aromatic heterocycles. The number of aliphatic imine (C=N–C) groups is 1. The van der Waals surface area contributed by atoms with E-state index >= 15 is 0 Å². The Hall–Kier alpha value is -0.530. The molecule has 1 heterocycles. The Morgan fingerprint density at radius 1 is 1.55 bits per heavy atom. The molecule has 11 heavy (non-hydrogen) atoms. The predicted octanol–water partition coefficient (Wildman–Crippen LogP) is 2.24. The predicted molar refractivity (Wildman–Crippen MR) is 46.9 cm³/mol. The van der Waals surface area contributed by atoms with E-state index in [4.69, 9.17) is 4.74 Å². The summed E-state index contributed by atoms with van der Waals surface area (Å²) in [6, 6.07) is 0. The highest BCUT2D eigenvalue weighted by Gasteiger charge is 2.09. The van der Waals surface area contributed by atoms with E-state index in [1.54, 1.807) is 0 Å². The third kappa shape index (κ3) is 2.91. The topological polar surface area (TPSA) is 21.6 Å². The Balaban J connectivity index is 2.35. The normalized spacial score (nSPS) is 25.6. The van der Waals surface area contributed by atoms with Gasteiger partial charge in [0.05, 0.1) is 6.61 Å². The van der Waals surface area contributed by atoms with Gasteiger partial charge in [0, 0.05) is 13.0 Å². The Bertz CT molecular complexity index is 142. The second kappa shape index (κ2) is 4.37. The molecule has 1 atom stereocenters. The third-order valence-electron chi connectivity index (χ3n) is 2.07. The fourth-order valence-electron chi connectivity index (χ4n) is 1.29. The summed E-state index contributed by atoms with van der Waals surface area (Å²) in [4.78, 5) is 4.36. The molecule has 0 aromatic carbocycles. The van der Waals surface area contributed by atoms with Crippen LogP contribution in [0.2, 0.25) is 0 Å². The zero-order valence-corrected chi connectivity index (χ0v) is 7.47. The van der Waals surface area contributed by atoms with Gasteiger partial charge in [-0.25, -0.2) is 0 Å². The molecule has 64 valence electrons. The molecule has 0 radical (unpaired) electrons. The molecule has 1 unspecified atom stereocenters. The highest BCUT2D eigenvalue weighted by molar-refractivity contribution is 5.76. The average Bonchev–Trinajstić information content (AvgIpc) is 2.17. The van der Waals surface area contributed by atoms with E-state index in [1.165, 1.54) is 12.8 Å². The number of rotatable bonds is 1. The van der Waals surface area contributed by atoms with Gasteiger partial charge in [-0.15, -0.1) is 0 Å². The van der Waals surface area contributed by atoms with E-state index < -0.39 is 0 Å². The molecule has 2 nitrogen and oxygen atoms in total. The first-order valence-corrected chi connectivity index (χ1v) is 4.49. The number of nitrogens with zero attached hydrogens (tertiary/aromatic N) is 1. The van der Waals surface area contributed by atoms with E-state index in [0.29, 0.717) is 0 Å². The van der Waals surface area contributed by atoms with Crippen molar-refractivity contribution in [2.24, 2.45) is 10.9 Å². The third-order valence-corrected chi connectivity index (χ3v) is 2.07. The van der Waals surface area contributed by atoms with Crippen LogP contribution in [0.15, 0.2) is 4.99 Å². The highest BCUT2D eigenvalue weighted by Crippen LogP contribution is 2.15. The monoisotopic (exact) mass is 155 g/mol. The van der Waals surface area contributed by atoms with Gasteiger partial charge >= 0.3 is 0 Å². The van der Waals surface area contributed by atoms with Crippen LogP contribution in [-0.2, 0) is 4.74 Å². The molecule has 0 N–H and O–H groups in total. The standard InChI is InChI=1S/C9H17NO/c1-3-11-9-5-4-8(2)6-7-10-9/h8H,3-7H2,1-2H3. The molecule has 0 saturated heterocycles. The molecule has 0 bridgehead atoms. The van der Waals surface area contributed by atoms with Gasteiger partial charge in [-0.2, -0.15) is 0 Å². The molecular weight excluding hydrogens is 138 g/mol. The molecule has 0 aromatic rings. The summed E-state index contributed by atoms with van der Waals surface area (Å²) in [5, 5.41) is 0. The first kappa shape index (κ1) is 8.57. The van der Waals surface area contributed by atoms with Crippen LogP contribution in [0.25, 0.3) is 0 Å². The molecule has 2 heteroatoms. The fourth-order valence-corrected chi connectivity index (χ4v) is 1.29. The SMILES string of the molecule is CCOC1=NCCC(C)CC1. The summed E-state index contributed by atoms with van der Waals surface area (Å²) in [7, 11) is 0. The minimum Gasteiger partial charge on any atom is -0.481 e. The molecular formula is C9H17NO. The van der Waals surface area contributed by atoms with Gasteiger partial charge in [0.1, 0.15) is 0 Å². The maximum atomic E-state index is 5.36. The molecule has 0 fully saturated rings. The number of hydrogen-bond donors (Lipinski definition) is 0. The van der Waals surface area contributed by atoms with Crippen molar-refractivity contribution in [1.82, 2.24) is 0 Å². The minimum absolute atomic E-state index is 0.757. The Morgan fingerprint density at radius 2 is 2.36 bits per heavy atom. The van der Waals surface area contributed by atoms with Gasteiger partial charge in [-0.1, -0.05) is 6.92 Å². The molecule has 0 spiro atoms. The lowest BCUT2D eigenvalue weighted by Crippen LogP contribution is -2.04. The Morgan fingerprint density at radius 3 is 3.09 bits per heavy atom. The minimum atomic E-state index is 0.757. The molecule has 0 amide bonds. The lowest BCUT2D eigenvalue weighted by atomic mass is 10.0. The average molecular weight is 155 g/mol. The van der Waals surface area contributed by atoms with Crippen LogP contribution in [0.5, 0.6) is 0 Å². The van der Waals surface area contributed by atoms with Crippen molar-refractivity contribution >= 4 is 5.90 Å². The lowest BCUT2D eigenvalue weighted by Gasteiger charge is -2.05. The first-order valence-electron chi connectivity index (χ1n) is 4.49. The summed E-state index contributed by atoms with van der Waals surface area (Å²) in [5.74, 6) is 1.79. The molecule has 0 saturated carbocycles. The largest absolute Gasteiger partial charge is 0.481 e. The van der Waals surface area contributed by atoms with E-state index in [0.717, 1.165) is 31.4 Å². The summed E-state index contributed by atoms with van der Waals surface area (Å²) in [6.45, 7) is 6.00. The van der Waals surface area contributed by atoms with Crippen LogP contribution >= 0.6 is 0 Å². The van der Waals surface area contributed by atoms with E-state index in [-0.39, 0.29) is 0 Å². The smallest absolute Gasteiger partial charge is 0.183 e. The Kier molecular flexibility index (Phi) is 3.40. The number of ether oxygens (including phenoxy) is 1. The van der Waals surface area contributed by atoms with Crippen molar-refractivity contribution in [1.29, 1.82) is 0 Å².